The first-order valence-corrected chi connectivity index (χ1v) is 8.11. The summed E-state index contributed by atoms with van der Waals surface area (Å²) in [6, 6.07) is 14.3. The van der Waals surface area contributed by atoms with Gasteiger partial charge in [-0.3, -0.25) is 18.4 Å². The van der Waals surface area contributed by atoms with Crippen LogP contribution in [-0.2, 0) is 0 Å². The van der Waals surface area contributed by atoms with E-state index in [1.54, 1.807) is 50.6 Å². The summed E-state index contributed by atoms with van der Waals surface area (Å²) in [5.41, 5.74) is 1.62. The zero-order valence-corrected chi connectivity index (χ0v) is 14.1. The van der Waals surface area contributed by atoms with Gasteiger partial charge in [-0.1, -0.05) is 0 Å². The molecule has 5 rings (SSSR count). The number of ether oxygens (including phenoxy) is 2. The Morgan fingerprint density at radius 2 is 1.04 bits per heavy atom. The highest BCUT2D eigenvalue weighted by Crippen LogP contribution is 2.25. The van der Waals surface area contributed by atoms with Gasteiger partial charge in [-0.2, -0.15) is 0 Å². The fraction of sp³-hybridized carbons (Fsp3) is 0.100. The van der Waals surface area contributed by atoms with E-state index in [0.29, 0.717) is 33.6 Å². The number of hydrogen-bond acceptors (Lipinski definition) is 4. The number of aromatic nitrogens is 2. The highest BCUT2D eigenvalue weighted by atomic mass is 16.5. The summed E-state index contributed by atoms with van der Waals surface area (Å²) < 4.78 is 13.4. The summed E-state index contributed by atoms with van der Waals surface area (Å²) in [6.07, 6.45) is 0. The summed E-state index contributed by atoms with van der Waals surface area (Å²) in [5.74, 6) is 1.36. The lowest BCUT2D eigenvalue weighted by molar-refractivity contribution is 0.415. The third-order valence-corrected chi connectivity index (χ3v) is 4.86. The first-order valence-electron chi connectivity index (χ1n) is 8.11. The van der Waals surface area contributed by atoms with E-state index >= 15 is 0 Å². The van der Waals surface area contributed by atoms with E-state index in [2.05, 4.69) is 0 Å². The molecule has 0 radical (unpaired) electrons. The van der Waals surface area contributed by atoms with Crippen LogP contribution in [0.4, 0.5) is 0 Å². The molecule has 6 heteroatoms. The molecule has 0 aliphatic rings. The van der Waals surface area contributed by atoms with Crippen LogP contribution in [0, 0.1) is 0 Å². The van der Waals surface area contributed by atoms with Gasteiger partial charge < -0.3 is 9.47 Å². The molecule has 5 aromatic rings. The maximum absolute atomic E-state index is 13.1. The largest absolute Gasteiger partial charge is 0.497 e. The standard InChI is InChI=1S/C20H14N2O4/c1-25-13-3-5-15-11(7-13)9-17-19(23)22-16-6-4-14(26-2)8-12(16)10-18(22)20(24)21(15)17/h3-10H,1-2H3. The van der Waals surface area contributed by atoms with E-state index in [4.69, 9.17) is 9.47 Å². The highest BCUT2D eigenvalue weighted by Gasteiger charge is 2.17. The monoisotopic (exact) mass is 346 g/mol. The molecule has 0 aliphatic carbocycles. The molecule has 6 nitrogen and oxygen atoms in total. The number of rotatable bonds is 2. The summed E-state index contributed by atoms with van der Waals surface area (Å²) in [7, 11) is 3.17. The van der Waals surface area contributed by atoms with Gasteiger partial charge in [0, 0.05) is 10.8 Å². The topological polar surface area (TPSA) is 61.4 Å². The molecule has 0 saturated carbocycles. The number of nitrogens with zero attached hydrogens (tertiary/aromatic N) is 2. The van der Waals surface area contributed by atoms with Crippen LogP contribution in [0.5, 0.6) is 11.5 Å². The Balaban J connectivity index is 2.01. The molecule has 0 N–H and O–H groups in total. The minimum absolute atomic E-state index is 0.227. The minimum Gasteiger partial charge on any atom is -0.497 e. The van der Waals surface area contributed by atoms with Gasteiger partial charge in [-0.15, -0.1) is 0 Å². The van der Waals surface area contributed by atoms with E-state index in [1.165, 1.54) is 8.80 Å². The predicted octanol–water partition coefficient (Wildman–Crippen LogP) is 2.67. The Morgan fingerprint density at radius 1 is 0.615 bits per heavy atom. The molecular weight excluding hydrogens is 332 g/mol. The maximum atomic E-state index is 13.1. The summed E-state index contributed by atoms with van der Waals surface area (Å²) in [6.45, 7) is 0. The van der Waals surface area contributed by atoms with Crippen molar-refractivity contribution in [3.63, 3.8) is 0 Å². The predicted molar refractivity (Wildman–Crippen MR) is 100 cm³/mol. The molecule has 0 bridgehead atoms. The van der Waals surface area contributed by atoms with Crippen molar-refractivity contribution in [2.45, 2.75) is 0 Å². The van der Waals surface area contributed by atoms with Crippen molar-refractivity contribution in [2.75, 3.05) is 14.2 Å². The van der Waals surface area contributed by atoms with Crippen LogP contribution in [0.25, 0.3) is 32.8 Å². The van der Waals surface area contributed by atoms with Crippen molar-refractivity contribution in [2.24, 2.45) is 0 Å². The van der Waals surface area contributed by atoms with Crippen LogP contribution >= 0.6 is 0 Å². The van der Waals surface area contributed by atoms with Gasteiger partial charge in [-0.05, 0) is 48.5 Å². The molecule has 0 atom stereocenters. The van der Waals surface area contributed by atoms with E-state index in [0.717, 1.165) is 10.8 Å². The summed E-state index contributed by atoms with van der Waals surface area (Å²) in [4.78, 5) is 26.3. The lowest BCUT2D eigenvalue weighted by Gasteiger charge is -2.01. The Labute approximate surface area is 146 Å². The third-order valence-electron chi connectivity index (χ3n) is 4.86. The van der Waals surface area contributed by atoms with Crippen LogP contribution in [-0.4, -0.2) is 23.0 Å². The van der Waals surface area contributed by atoms with Crippen LogP contribution in [0.3, 0.4) is 0 Å². The molecule has 128 valence electrons. The normalized spacial score (nSPS) is 11.8. The second-order valence-electron chi connectivity index (χ2n) is 6.19. The number of benzene rings is 2. The van der Waals surface area contributed by atoms with E-state index in [-0.39, 0.29) is 11.1 Å². The molecule has 0 saturated heterocycles. The Bertz CT molecular complexity index is 1330. The van der Waals surface area contributed by atoms with Gasteiger partial charge in [0.1, 0.15) is 22.5 Å². The second-order valence-corrected chi connectivity index (χ2v) is 6.19. The van der Waals surface area contributed by atoms with Crippen LogP contribution < -0.4 is 20.6 Å². The van der Waals surface area contributed by atoms with Crippen molar-refractivity contribution >= 4 is 32.8 Å². The first kappa shape index (κ1) is 14.8. The van der Waals surface area contributed by atoms with Gasteiger partial charge >= 0.3 is 0 Å². The summed E-state index contributed by atoms with van der Waals surface area (Å²) >= 11 is 0. The van der Waals surface area contributed by atoms with Gasteiger partial charge in [0.05, 0.1) is 25.3 Å². The molecule has 3 heterocycles. The zero-order valence-electron chi connectivity index (χ0n) is 14.1. The van der Waals surface area contributed by atoms with Gasteiger partial charge in [0.25, 0.3) is 11.1 Å². The van der Waals surface area contributed by atoms with E-state index in [1.807, 2.05) is 12.1 Å². The van der Waals surface area contributed by atoms with Crippen LogP contribution in [0.15, 0.2) is 58.1 Å². The highest BCUT2D eigenvalue weighted by molar-refractivity contribution is 5.92. The maximum Gasteiger partial charge on any atom is 0.280 e. The van der Waals surface area contributed by atoms with Crippen molar-refractivity contribution in [1.29, 1.82) is 0 Å². The number of fused-ring (bicyclic) bond motifs is 6. The average molecular weight is 346 g/mol. The molecule has 0 spiro atoms. The van der Waals surface area contributed by atoms with Crippen molar-refractivity contribution < 1.29 is 9.47 Å². The Morgan fingerprint density at radius 3 is 1.42 bits per heavy atom. The number of hydrogen-bond donors (Lipinski definition) is 0. The van der Waals surface area contributed by atoms with Gasteiger partial charge in [0.15, 0.2) is 0 Å². The molecule has 26 heavy (non-hydrogen) atoms. The third kappa shape index (κ3) is 1.75. The van der Waals surface area contributed by atoms with Crippen LogP contribution in [0.1, 0.15) is 0 Å². The molecular formula is C20H14N2O4. The van der Waals surface area contributed by atoms with Crippen molar-refractivity contribution in [3.8, 4) is 11.5 Å². The van der Waals surface area contributed by atoms with Crippen LogP contribution in [0.2, 0.25) is 0 Å². The average Bonchev–Trinajstić information content (AvgIpc) is 3.24. The van der Waals surface area contributed by atoms with Gasteiger partial charge in [0.2, 0.25) is 0 Å². The fourth-order valence-electron chi connectivity index (χ4n) is 3.62. The van der Waals surface area contributed by atoms with E-state index < -0.39 is 0 Å². The molecule has 0 unspecified atom stereocenters. The molecule has 3 aromatic heterocycles. The smallest absolute Gasteiger partial charge is 0.280 e. The van der Waals surface area contributed by atoms with E-state index in [9.17, 15) is 9.59 Å². The summed E-state index contributed by atoms with van der Waals surface area (Å²) in [5, 5.41) is 1.58. The lowest BCUT2D eigenvalue weighted by atomic mass is 10.2. The van der Waals surface area contributed by atoms with Crippen molar-refractivity contribution in [1.82, 2.24) is 8.80 Å². The van der Waals surface area contributed by atoms with Gasteiger partial charge in [-0.25, -0.2) is 0 Å². The van der Waals surface area contributed by atoms with Crippen molar-refractivity contribution in [3.05, 3.63) is 69.2 Å². The quantitative estimate of drug-likeness (QED) is 0.493. The fourth-order valence-corrected chi connectivity index (χ4v) is 3.62. The molecule has 0 amide bonds. The lowest BCUT2D eigenvalue weighted by Crippen LogP contribution is -2.25. The zero-order chi connectivity index (χ0) is 18.0. The molecule has 2 aromatic carbocycles. The minimum atomic E-state index is -0.227. The Kier molecular flexibility index (Phi) is 2.83. The first-order chi connectivity index (χ1) is 12.6. The Hall–Kier alpha value is -3.54. The molecule has 0 aliphatic heterocycles. The second kappa shape index (κ2) is 4.98. The number of methoxy groups -OCH3 is 2. The molecule has 0 fully saturated rings. The SMILES string of the molecule is COc1ccc2c(c1)cc1c(=O)n3c(cc4cc(OC)ccc43)c(=O)n12.